The molecule has 0 aliphatic heterocycles. The molecule has 0 aliphatic rings. The van der Waals surface area contributed by atoms with Crippen LogP contribution in [0.2, 0.25) is 0 Å². The molecule has 2 heterocycles. The predicted molar refractivity (Wildman–Crippen MR) is 60.6 cm³/mol. The van der Waals surface area contributed by atoms with Crippen LogP contribution in [-0.4, -0.2) is 4.98 Å². The molecular formula is C13H15NO. The van der Waals surface area contributed by atoms with Crippen molar-refractivity contribution in [3.05, 3.63) is 42.3 Å². The van der Waals surface area contributed by atoms with E-state index in [9.17, 15) is 0 Å². The van der Waals surface area contributed by atoms with Gasteiger partial charge >= 0.3 is 0 Å². The average Bonchev–Trinajstić information content (AvgIpc) is 2.69. The van der Waals surface area contributed by atoms with E-state index < -0.39 is 0 Å². The van der Waals surface area contributed by atoms with Gasteiger partial charge in [0.25, 0.3) is 0 Å². The number of hydrogen-bond acceptors (Lipinski definition) is 2. The monoisotopic (exact) mass is 201 g/mol. The molecular weight excluding hydrogens is 186 g/mol. The number of furan rings is 1. The highest BCUT2D eigenvalue weighted by Crippen LogP contribution is 2.24. The third-order valence-electron chi connectivity index (χ3n) is 2.40. The fraction of sp³-hybridized carbons (Fsp3) is 0.308. The van der Waals surface area contributed by atoms with E-state index in [1.54, 1.807) is 6.26 Å². The molecule has 0 saturated heterocycles. The summed E-state index contributed by atoms with van der Waals surface area (Å²) < 4.78 is 5.28. The minimum atomic E-state index is 0.148. The standard InChI is InChI=1S/C13H15NO/c1-13(2,3)10-6-7-11(14-9-10)12-5-4-8-15-12/h4-9H,1-3H3. The van der Waals surface area contributed by atoms with Crippen LogP contribution in [0.4, 0.5) is 0 Å². The third-order valence-corrected chi connectivity index (χ3v) is 2.40. The molecule has 0 saturated carbocycles. The number of rotatable bonds is 1. The number of pyridine rings is 1. The first-order chi connectivity index (χ1) is 7.07. The maximum atomic E-state index is 5.28. The highest BCUT2D eigenvalue weighted by atomic mass is 16.3. The lowest BCUT2D eigenvalue weighted by Crippen LogP contribution is -2.11. The van der Waals surface area contributed by atoms with Crippen LogP contribution in [0.15, 0.2) is 41.1 Å². The lowest BCUT2D eigenvalue weighted by atomic mass is 9.88. The van der Waals surface area contributed by atoms with Crippen LogP contribution >= 0.6 is 0 Å². The summed E-state index contributed by atoms with van der Waals surface area (Å²) in [5, 5.41) is 0. The van der Waals surface area contributed by atoms with Gasteiger partial charge in [0, 0.05) is 6.20 Å². The van der Waals surface area contributed by atoms with Crippen LogP contribution in [0.3, 0.4) is 0 Å². The van der Waals surface area contributed by atoms with Gasteiger partial charge in [-0.05, 0) is 29.2 Å². The summed E-state index contributed by atoms with van der Waals surface area (Å²) >= 11 is 0. The van der Waals surface area contributed by atoms with Crippen molar-refractivity contribution in [3.63, 3.8) is 0 Å². The fourth-order valence-electron chi connectivity index (χ4n) is 1.41. The van der Waals surface area contributed by atoms with E-state index in [0.29, 0.717) is 0 Å². The van der Waals surface area contributed by atoms with Crippen LogP contribution in [0.5, 0.6) is 0 Å². The van der Waals surface area contributed by atoms with Gasteiger partial charge < -0.3 is 4.42 Å². The SMILES string of the molecule is CC(C)(C)c1ccc(-c2ccco2)nc1. The Morgan fingerprint density at radius 1 is 1.13 bits per heavy atom. The highest BCUT2D eigenvalue weighted by Gasteiger charge is 2.14. The average molecular weight is 201 g/mol. The molecule has 0 N–H and O–H groups in total. The molecule has 0 amide bonds. The van der Waals surface area contributed by atoms with E-state index in [1.807, 2.05) is 24.4 Å². The Balaban J connectivity index is 2.33. The maximum absolute atomic E-state index is 5.28. The molecule has 0 aromatic carbocycles. The first kappa shape index (κ1) is 9.97. The summed E-state index contributed by atoms with van der Waals surface area (Å²) in [5.74, 6) is 0.815. The molecule has 2 rings (SSSR count). The second-order valence-electron chi connectivity index (χ2n) is 4.66. The molecule has 0 aliphatic carbocycles. The van der Waals surface area contributed by atoms with Crippen molar-refractivity contribution < 1.29 is 4.42 Å². The molecule has 78 valence electrons. The second kappa shape index (κ2) is 3.54. The summed E-state index contributed by atoms with van der Waals surface area (Å²) in [6.45, 7) is 6.53. The lowest BCUT2D eigenvalue weighted by molar-refractivity contribution is 0.576. The number of hydrogen-bond donors (Lipinski definition) is 0. The van der Waals surface area contributed by atoms with Crippen molar-refractivity contribution in [2.45, 2.75) is 26.2 Å². The van der Waals surface area contributed by atoms with E-state index in [2.05, 4.69) is 31.8 Å². The molecule has 0 unspecified atom stereocenters. The third kappa shape index (κ3) is 2.09. The van der Waals surface area contributed by atoms with Crippen LogP contribution in [-0.2, 0) is 5.41 Å². The van der Waals surface area contributed by atoms with Crippen molar-refractivity contribution in [1.82, 2.24) is 4.98 Å². The van der Waals surface area contributed by atoms with E-state index in [4.69, 9.17) is 4.42 Å². The topological polar surface area (TPSA) is 26.0 Å². The number of aromatic nitrogens is 1. The predicted octanol–water partition coefficient (Wildman–Crippen LogP) is 3.64. The van der Waals surface area contributed by atoms with Gasteiger partial charge in [-0.1, -0.05) is 26.8 Å². The molecule has 0 atom stereocenters. The lowest BCUT2D eigenvalue weighted by Gasteiger charge is -2.18. The zero-order valence-corrected chi connectivity index (χ0v) is 9.32. The molecule has 2 nitrogen and oxygen atoms in total. The Labute approximate surface area is 90.0 Å². The van der Waals surface area contributed by atoms with Gasteiger partial charge in [0.15, 0.2) is 5.76 Å². The van der Waals surface area contributed by atoms with Gasteiger partial charge in [0.05, 0.1) is 6.26 Å². The summed E-state index contributed by atoms with van der Waals surface area (Å²) in [6.07, 6.45) is 3.58. The van der Waals surface area contributed by atoms with Gasteiger partial charge in [-0.2, -0.15) is 0 Å². The number of nitrogens with zero attached hydrogens (tertiary/aromatic N) is 1. The fourth-order valence-corrected chi connectivity index (χ4v) is 1.41. The molecule has 0 bridgehead atoms. The summed E-state index contributed by atoms with van der Waals surface area (Å²) in [4.78, 5) is 4.39. The van der Waals surface area contributed by atoms with Gasteiger partial charge in [0.1, 0.15) is 5.69 Å². The summed E-state index contributed by atoms with van der Waals surface area (Å²) in [5.41, 5.74) is 2.26. The Hall–Kier alpha value is -1.57. The molecule has 2 aromatic heterocycles. The molecule has 15 heavy (non-hydrogen) atoms. The van der Waals surface area contributed by atoms with Crippen molar-refractivity contribution >= 4 is 0 Å². The molecule has 2 heteroatoms. The first-order valence-electron chi connectivity index (χ1n) is 5.08. The normalized spacial score (nSPS) is 11.7. The second-order valence-corrected chi connectivity index (χ2v) is 4.66. The quantitative estimate of drug-likeness (QED) is 0.704. The van der Waals surface area contributed by atoms with Gasteiger partial charge in [-0.15, -0.1) is 0 Å². The van der Waals surface area contributed by atoms with E-state index >= 15 is 0 Å². The zero-order chi connectivity index (χ0) is 10.9. The maximum Gasteiger partial charge on any atom is 0.152 e. The molecule has 2 aromatic rings. The summed E-state index contributed by atoms with van der Waals surface area (Å²) in [6, 6.07) is 7.89. The largest absolute Gasteiger partial charge is 0.463 e. The van der Waals surface area contributed by atoms with E-state index in [0.717, 1.165) is 11.5 Å². The minimum Gasteiger partial charge on any atom is -0.463 e. The Kier molecular flexibility index (Phi) is 2.35. The van der Waals surface area contributed by atoms with Crippen LogP contribution in [0.1, 0.15) is 26.3 Å². The van der Waals surface area contributed by atoms with E-state index in [-0.39, 0.29) is 5.41 Å². The van der Waals surface area contributed by atoms with Crippen molar-refractivity contribution in [3.8, 4) is 11.5 Å². The molecule has 0 radical (unpaired) electrons. The molecule has 0 fully saturated rings. The van der Waals surface area contributed by atoms with Gasteiger partial charge in [-0.25, -0.2) is 0 Å². The van der Waals surface area contributed by atoms with Crippen molar-refractivity contribution in [2.24, 2.45) is 0 Å². The van der Waals surface area contributed by atoms with Crippen LogP contribution in [0.25, 0.3) is 11.5 Å². The summed E-state index contributed by atoms with van der Waals surface area (Å²) in [7, 11) is 0. The highest BCUT2D eigenvalue weighted by molar-refractivity contribution is 5.51. The Bertz CT molecular complexity index is 421. The van der Waals surface area contributed by atoms with Gasteiger partial charge in [0.2, 0.25) is 0 Å². The van der Waals surface area contributed by atoms with Crippen molar-refractivity contribution in [2.75, 3.05) is 0 Å². The smallest absolute Gasteiger partial charge is 0.152 e. The van der Waals surface area contributed by atoms with E-state index in [1.165, 1.54) is 5.56 Å². The Morgan fingerprint density at radius 2 is 1.93 bits per heavy atom. The molecule has 0 spiro atoms. The van der Waals surface area contributed by atoms with Crippen LogP contribution < -0.4 is 0 Å². The van der Waals surface area contributed by atoms with Gasteiger partial charge in [-0.3, -0.25) is 4.98 Å². The zero-order valence-electron chi connectivity index (χ0n) is 9.32. The van der Waals surface area contributed by atoms with Crippen LogP contribution in [0, 0.1) is 0 Å². The van der Waals surface area contributed by atoms with Crippen molar-refractivity contribution in [1.29, 1.82) is 0 Å². The Morgan fingerprint density at radius 3 is 2.40 bits per heavy atom. The minimum absolute atomic E-state index is 0.148. The first-order valence-corrected chi connectivity index (χ1v) is 5.08.